The molecule has 0 fully saturated rings. The molecule has 0 amide bonds. The standard InChI is InChI=1S/C9H7.C6H15OSi.CH3.2ClH.O.Si.Ti/c1-2-5-9-7-3-6-8(9)4-1;1-5-6-7-8(2,3)4;;;;;;/h1-7H;1,5-6H2,2-4H3;1H3;2*1H;;;/q3*-1;;;;;. The first kappa shape index (κ1) is 31.1. The van der Waals surface area contributed by atoms with Gasteiger partial charge >= 0.3 is 28.8 Å². The van der Waals surface area contributed by atoms with Gasteiger partial charge in [0.05, 0.1) is 0 Å². The van der Waals surface area contributed by atoms with Gasteiger partial charge in [-0.25, -0.2) is 0 Å². The van der Waals surface area contributed by atoms with Crippen molar-refractivity contribution in [1.29, 1.82) is 0 Å². The van der Waals surface area contributed by atoms with Gasteiger partial charge in [0.2, 0.25) is 0 Å². The monoisotopic (exact) mass is 425 g/mol. The molecule has 0 atom stereocenters. The third-order valence-electron chi connectivity index (χ3n) is 2.23. The maximum Gasteiger partial charge on any atom is -0.0809 e. The van der Waals surface area contributed by atoms with Gasteiger partial charge in [-0.1, -0.05) is 6.07 Å². The Kier molecular flexibility index (Phi) is 25.2. The zero-order valence-corrected chi connectivity index (χ0v) is 19.5. The minimum atomic E-state index is -1.22. The molecular weight excluding hydrogens is 399 g/mol. The molecule has 2 nitrogen and oxygen atoms in total. The van der Waals surface area contributed by atoms with E-state index in [0.29, 0.717) is 0 Å². The minimum absolute atomic E-state index is 0. The Bertz CT molecular complexity index is 492. The summed E-state index contributed by atoms with van der Waals surface area (Å²) in [6.07, 6.45) is 0.893. The summed E-state index contributed by atoms with van der Waals surface area (Å²) in [6, 6.07) is 14.7. The van der Waals surface area contributed by atoms with Crippen molar-refractivity contribution < 1.29 is 25.6 Å². The largest absolute Gasteiger partial charge is 0.168 e. The smallest absolute Gasteiger partial charge is 0.0809 e. The second-order valence-electron chi connectivity index (χ2n) is 5.07. The Morgan fingerprint density at radius 2 is 1.74 bits per heavy atom. The molecular formula is C16H27Cl2O2Si2Ti-3. The van der Waals surface area contributed by atoms with E-state index in [9.17, 15) is 0 Å². The van der Waals surface area contributed by atoms with Crippen LogP contribution in [-0.4, -0.2) is 22.6 Å². The van der Waals surface area contributed by atoms with Crippen LogP contribution in [0.15, 0.2) is 42.5 Å². The molecule has 0 saturated carbocycles. The van der Waals surface area contributed by atoms with E-state index in [2.05, 4.69) is 76.7 Å². The first-order valence-electron chi connectivity index (χ1n) is 6.52. The molecule has 2 aromatic rings. The van der Waals surface area contributed by atoms with E-state index in [-0.39, 0.29) is 32.2 Å². The van der Waals surface area contributed by atoms with Crippen LogP contribution in [0, 0.1) is 14.4 Å². The average molecular weight is 426 g/mol. The number of halogens is 2. The van der Waals surface area contributed by atoms with Crippen molar-refractivity contribution in [3.05, 3.63) is 56.8 Å². The van der Waals surface area contributed by atoms with Crippen molar-refractivity contribution in [2.75, 3.05) is 6.61 Å². The summed E-state index contributed by atoms with van der Waals surface area (Å²) in [5, 5.41) is 2.66. The van der Waals surface area contributed by atoms with Gasteiger partial charge in [-0.2, -0.15) is 23.9 Å². The van der Waals surface area contributed by atoms with Crippen LogP contribution < -0.4 is 0 Å². The molecule has 0 heterocycles. The van der Waals surface area contributed by atoms with Crippen LogP contribution in [0.4, 0.5) is 0 Å². The fraction of sp³-hybridized carbons (Fsp3) is 0.312. The third-order valence-corrected chi connectivity index (χ3v) is 3.30. The minimum Gasteiger partial charge on any atom is -0.168 e. The molecule has 132 valence electrons. The van der Waals surface area contributed by atoms with Crippen LogP contribution in [0.25, 0.3) is 10.8 Å². The van der Waals surface area contributed by atoms with Crippen molar-refractivity contribution >= 4 is 51.5 Å². The van der Waals surface area contributed by atoms with Gasteiger partial charge in [0, 0.05) is 6.61 Å². The fourth-order valence-electron chi connectivity index (χ4n) is 1.45. The second-order valence-corrected chi connectivity index (χ2v) is 10.7. The second kappa shape index (κ2) is 18.7. The molecule has 0 N–H and O–H groups in total. The summed E-state index contributed by atoms with van der Waals surface area (Å²) in [7, 11) is 1.53. The fourth-order valence-corrected chi connectivity index (χ4v) is 2.20. The molecule has 0 unspecified atom stereocenters. The molecule has 0 aliphatic rings. The Morgan fingerprint density at radius 1 is 1.22 bits per heavy atom. The van der Waals surface area contributed by atoms with E-state index >= 15 is 0 Å². The van der Waals surface area contributed by atoms with Gasteiger partial charge in [0.15, 0.2) is 8.32 Å². The molecule has 0 bridgehead atoms. The molecule has 2 aromatic carbocycles. The van der Waals surface area contributed by atoms with Gasteiger partial charge in [-0.3, -0.25) is 0 Å². The van der Waals surface area contributed by atoms with E-state index in [1.54, 1.807) is 0 Å². The number of rotatable bonds is 3. The maximum absolute atomic E-state index is 8.97. The van der Waals surface area contributed by atoms with E-state index in [0.717, 1.165) is 13.0 Å². The molecule has 2 radical (unpaired) electrons. The Labute approximate surface area is 166 Å². The molecule has 0 saturated heterocycles. The number of benzene rings is 1. The van der Waals surface area contributed by atoms with E-state index in [4.69, 9.17) is 7.75 Å². The summed E-state index contributed by atoms with van der Waals surface area (Å²) in [6.45, 7) is 11.1. The van der Waals surface area contributed by atoms with E-state index in [1.165, 1.54) is 10.8 Å². The molecule has 23 heavy (non-hydrogen) atoms. The van der Waals surface area contributed by atoms with Crippen LogP contribution in [0.2, 0.25) is 19.6 Å². The third kappa shape index (κ3) is 18.5. The molecule has 0 aromatic heterocycles. The van der Waals surface area contributed by atoms with Crippen molar-refractivity contribution in [2.45, 2.75) is 26.1 Å². The van der Waals surface area contributed by atoms with E-state index in [1.807, 2.05) is 0 Å². The van der Waals surface area contributed by atoms with Crippen LogP contribution in [0.5, 0.6) is 0 Å². The Morgan fingerprint density at radius 3 is 2.13 bits per heavy atom. The topological polar surface area (TPSA) is 26.3 Å². The zero-order chi connectivity index (χ0) is 15.4. The van der Waals surface area contributed by atoms with Gasteiger partial charge < -0.3 is 18.8 Å². The summed E-state index contributed by atoms with van der Waals surface area (Å²) < 4.78 is 14.4. The van der Waals surface area contributed by atoms with Gasteiger partial charge in [0.25, 0.3) is 0 Å². The number of hydrogen-bond donors (Lipinski definition) is 0. The summed E-state index contributed by atoms with van der Waals surface area (Å²) in [5.41, 5.74) is 0. The molecule has 2 rings (SSSR count). The van der Waals surface area contributed by atoms with E-state index < -0.39 is 26.2 Å². The maximum atomic E-state index is 8.97. The van der Waals surface area contributed by atoms with Gasteiger partial charge in [-0.05, 0) is 19.6 Å². The Hall–Kier alpha value is 0.318. The normalized spacial score (nSPS) is 8.52. The van der Waals surface area contributed by atoms with Crippen molar-refractivity contribution in [3.8, 4) is 0 Å². The SMILES string of the molecule is Cl.Cl.[CH2-]CCO[Si](C)(C)C.[CH3-].[O]=[Ti]=[Si].c1ccc2[cH-]ccc2c1. The summed E-state index contributed by atoms with van der Waals surface area (Å²) in [4.78, 5) is 0. The van der Waals surface area contributed by atoms with Crippen LogP contribution in [0.3, 0.4) is 0 Å². The van der Waals surface area contributed by atoms with Crippen LogP contribution >= 0.6 is 24.8 Å². The van der Waals surface area contributed by atoms with Gasteiger partial charge in [-0.15, -0.1) is 54.5 Å². The number of fused-ring (bicyclic) bond motifs is 1. The quantitative estimate of drug-likeness (QED) is 0.485. The molecule has 0 aliphatic heterocycles. The summed E-state index contributed by atoms with van der Waals surface area (Å²) >= 11 is -0.944. The molecule has 0 aliphatic carbocycles. The molecule has 0 spiro atoms. The first-order chi connectivity index (χ1) is 9.44. The van der Waals surface area contributed by atoms with Crippen LogP contribution in [-0.2, 0) is 25.6 Å². The van der Waals surface area contributed by atoms with Crippen LogP contribution in [0.1, 0.15) is 6.42 Å². The predicted octanol–water partition coefficient (Wildman–Crippen LogP) is 5.41. The van der Waals surface area contributed by atoms with Crippen molar-refractivity contribution in [1.82, 2.24) is 0 Å². The summed E-state index contributed by atoms with van der Waals surface area (Å²) in [5.74, 6) is 0. The Balaban J connectivity index is -0.000000122. The first-order valence-corrected chi connectivity index (χ1v) is 13.4. The number of hydrogen-bond acceptors (Lipinski definition) is 2. The average Bonchev–Trinajstić information content (AvgIpc) is 2.85. The van der Waals surface area contributed by atoms with Gasteiger partial charge in [0.1, 0.15) is 0 Å². The zero-order valence-electron chi connectivity index (χ0n) is 14.3. The van der Waals surface area contributed by atoms with Crippen molar-refractivity contribution in [3.63, 3.8) is 0 Å². The molecule has 7 heteroatoms. The predicted molar refractivity (Wildman–Crippen MR) is 106 cm³/mol. The van der Waals surface area contributed by atoms with Crippen molar-refractivity contribution in [2.24, 2.45) is 0 Å².